The van der Waals surface area contributed by atoms with Gasteiger partial charge in [0.25, 0.3) is 11.8 Å². The molecule has 34 heavy (non-hydrogen) atoms. The number of aromatic amines is 1. The van der Waals surface area contributed by atoms with Crippen molar-refractivity contribution in [2.45, 2.75) is 12.1 Å². The van der Waals surface area contributed by atoms with E-state index in [1.807, 2.05) is 6.07 Å². The quantitative estimate of drug-likeness (QED) is 0.388. The Labute approximate surface area is 192 Å². The molecule has 4 aromatic rings. The van der Waals surface area contributed by atoms with Crippen LogP contribution in [0.15, 0.2) is 53.3 Å². The summed E-state index contributed by atoms with van der Waals surface area (Å²) in [5.41, 5.74) is 1.61. The molecule has 2 aliphatic rings. The number of amides is 4. The molecule has 11 nitrogen and oxygen atoms in total. The van der Waals surface area contributed by atoms with Gasteiger partial charge in [-0.25, -0.2) is 4.79 Å². The molecule has 0 unspecified atom stereocenters. The molecule has 1 fully saturated rings. The molecule has 1 atom stereocenters. The van der Waals surface area contributed by atoms with E-state index in [0.717, 1.165) is 11.1 Å². The number of aromatic nitrogens is 3. The number of hydrogen-bond acceptors (Lipinski definition) is 7. The highest BCUT2D eigenvalue weighted by molar-refractivity contribution is 6.08. The standard InChI is InChI=1S/C23H18N6O5/c1-33-15-3-2-12-10-29(20(30)16(12)5-15)11-23(21(31)27-22(32)28-23)19-4-13-7-24-17(6-18(13)34-19)14-8-25-26-9-14/h2-9H,10-11H2,1H3,(H,25,26)(H2,27,28,31,32)/t23-/m0/s1. The van der Waals surface area contributed by atoms with E-state index in [4.69, 9.17) is 9.15 Å². The maximum Gasteiger partial charge on any atom is 0.322 e. The van der Waals surface area contributed by atoms with Crippen molar-refractivity contribution in [1.29, 1.82) is 0 Å². The topological polar surface area (TPSA) is 142 Å². The lowest BCUT2D eigenvalue weighted by atomic mass is 9.95. The monoisotopic (exact) mass is 458 g/mol. The van der Waals surface area contributed by atoms with Crippen molar-refractivity contribution in [2.75, 3.05) is 13.7 Å². The number of pyridine rings is 1. The van der Waals surface area contributed by atoms with Gasteiger partial charge in [-0.1, -0.05) is 6.07 Å². The SMILES string of the molecule is COc1ccc2c(c1)C(=O)N(C[C@@]1(c3cc4cnc(-c5cn[nH]c5)cc4o3)NC(=O)NC1=O)C2. The van der Waals surface area contributed by atoms with Crippen LogP contribution in [-0.4, -0.2) is 51.6 Å². The number of H-pyrrole nitrogens is 1. The van der Waals surface area contributed by atoms with Gasteiger partial charge in [0.05, 0.1) is 25.5 Å². The third kappa shape index (κ3) is 2.94. The van der Waals surface area contributed by atoms with E-state index in [0.29, 0.717) is 28.0 Å². The van der Waals surface area contributed by atoms with Crippen LogP contribution in [0, 0.1) is 0 Å². The zero-order valence-corrected chi connectivity index (χ0v) is 17.9. The van der Waals surface area contributed by atoms with Crippen LogP contribution in [-0.2, 0) is 16.9 Å². The Balaban J connectivity index is 1.39. The number of fused-ring (bicyclic) bond motifs is 2. The lowest BCUT2D eigenvalue weighted by Gasteiger charge is -2.29. The third-order valence-corrected chi connectivity index (χ3v) is 6.18. The van der Waals surface area contributed by atoms with E-state index in [-0.39, 0.29) is 24.8 Å². The van der Waals surface area contributed by atoms with Gasteiger partial charge in [0.2, 0.25) is 0 Å². The normalized spacial score (nSPS) is 19.4. The molecule has 0 bridgehead atoms. The first-order valence-corrected chi connectivity index (χ1v) is 10.5. The van der Waals surface area contributed by atoms with Gasteiger partial charge < -0.3 is 19.4 Å². The van der Waals surface area contributed by atoms with Gasteiger partial charge in [-0.3, -0.25) is 25.0 Å². The summed E-state index contributed by atoms with van der Waals surface area (Å²) >= 11 is 0. The minimum atomic E-state index is -1.59. The average molecular weight is 458 g/mol. The maximum atomic E-state index is 13.1. The number of nitrogens with zero attached hydrogens (tertiary/aromatic N) is 3. The average Bonchev–Trinajstić information content (AvgIpc) is 3.61. The molecule has 0 aliphatic carbocycles. The lowest BCUT2D eigenvalue weighted by Crippen LogP contribution is -2.52. The van der Waals surface area contributed by atoms with Gasteiger partial charge in [0, 0.05) is 41.5 Å². The van der Waals surface area contributed by atoms with Crippen LogP contribution in [0.4, 0.5) is 4.79 Å². The van der Waals surface area contributed by atoms with Gasteiger partial charge in [-0.05, 0) is 23.8 Å². The summed E-state index contributed by atoms with van der Waals surface area (Å²) in [4.78, 5) is 44.3. The number of carbonyl (C=O) groups is 3. The molecule has 5 heterocycles. The second-order valence-electron chi connectivity index (χ2n) is 8.20. The largest absolute Gasteiger partial charge is 0.497 e. The molecule has 170 valence electrons. The van der Waals surface area contributed by atoms with Crippen LogP contribution in [0.2, 0.25) is 0 Å². The fourth-order valence-corrected chi connectivity index (χ4v) is 4.43. The zero-order chi connectivity index (χ0) is 23.4. The Kier molecular flexibility index (Phi) is 4.21. The summed E-state index contributed by atoms with van der Waals surface area (Å²) in [6.45, 7) is 0.178. The number of hydrogen-bond donors (Lipinski definition) is 3. The summed E-state index contributed by atoms with van der Waals surface area (Å²) < 4.78 is 11.3. The molecule has 0 spiro atoms. The molecule has 3 aromatic heterocycles. The second-order valence-corrected chi connectivity index (χ2v) is 8.20. The van der Waals surface area contributed by atoms with Crippen LogP contribution in [0.3, 0.4) is 0 Å². The number of rotatable bonds is 5. The Morgan fingerprint density at radius 2 is 2.06 bits per heavy atom. The van der Waals surface area contributed by atoms with Crippen molar-refractivity contribution in [2.24, 2.45) is 0 Å². The first-order chi connectivity index (χ1) is 16.5. The first-order valence-electron chi connectivity index (χ1n) is 10.5. The fourth-order valence-electron chi connectivity index (χ4n) is 4.43. The molecule has 1 saturated heterocycles. The summed E-state index contributed by atoms with van der Waals surface area (Å²) in [7, 11) is 1.53. The molecular formula is C23H18N6O5. The van der Waals surface area contributed by atoms with Crippen molar-refractivity contribution in [3.63, 3.8) is 0 Å². The maximum absolute atomic E-state index is 13.1. The minimum Gasteiger partial charge on any atom is -0.497 e. The smallest absolute Gasteiger partial charge is 0.322 e. The highest BCUT2D eigenvalue weighted by Gasteiger charge is 2.53. The number of carbonyl (C=O) groups excluding carboxylic acids is 3. The third-order valence-electron chi connectivity index (χ3n) is 6.18. The first kappa shape index (κ1) is 20.0. The Bertz CT molecular complexity index is 1480. The summed E-state index contributed by atoms with van der Waals surface area (Å²) in [6, 6.07) is 7.99. The predicted octanol–water partition coefficient (Wildman–Crippen LogP) is 1.92. The fraction of sp³-hybridized carbons (Fsp3) is 0.174. The van der Waals surface area contributed by atoms with E-state index >= 15 is 0 Å². The van der Waals surface area contributed by atoms with E-state index < -0.39 is 17.5 Å². The molecule has 0 saturated carbocycles. The summed E-state index contributed by atoms with van der Waals surface area (Å²) in [5, 5.41) is 12.3. The van der Waals surface area contributed by atoms with Crippen molar-refractivity contribution in [3.05, 3.63) is 65.8 Å². The predicted molar refractivity (Wildman–Crippen MR) is 118 cm³/mol. The Morgan fingerprint density at radius 3 is 2.79 bits per heavy atom. The molecule has 6 rings (SSSR count). The van der Waals surface area contributed by atoms with Crippen molar-refractivity contribution < 1.29 is 23.5 Å². The lowest BCUT2D eigenvalue weighted by molar-refractivity contribution is -0.125. The minimum absolute atomic E-state index is 0.109. The van der Waals surface area contributed by atoms with Crippen LogP contribution >= 0.6 is 0 Å². The van der Waals surface area contributed by atoms with Crippen LogP contribution < -0.4 is 15.4 Å². The van der Waals surface area contributed by atoms with Gasteiger partial charge in [-0.2, -0.15) is 5.10 Å². The molecule has 4 amide bonds. The number of benzene rings is 1. The van der Waals surface area contributed by atoms with Gasteiger partial charge in [0.15, 0.2) is 5.54 Å². The molecule has 11 heteroatoms. The number of urea groups is 1. The van der Waals surface area contributed by atoms with Crippen LogP contribution in [0.5, 0.6) is 5.75 Å². The van der Waals surface area contributed by atoms with Gasteiger partial charge in [-0.15, -0.1) is 0 Å². The van der Waals surface area contributed by atoms with E-state index in [1.54, 1.807) is 42.9 Å². The Hall–Kier alpha value is -4.67. The van der Waals surface area contributed by atoms with Crippen molar-refractivity contribution >= 4 is 28.8 Å². The molecular weight excluding hydrogens is 440 g/mol. The van der Waals surface area contributed by atoms with Crippen LogP contribution in [0.25, 0.3) is 22.2 Å². The highest BCUT2D eigenvalue weighted by Crippen LogP contribution is 2.35. The van der Waals surface area contributed by atoms with Gasteiger partial charge >= 0.3 is 6.03 Å². The van der Waals surface area contributed by atoms with E-state index in [1.165, 1.54) is 12.0 Å². The Morgan fingerprint density at radius 1 is 1.18 bits per heavy atom. The summed E-state index contributed by atoms with van der Waals surface area (Å²) in [6.07, 6.45) is 4.96. The molecule has 1 aromatic carbocycles. The van der Waals surface area contributed by atoms with E-state index in [2.05, 4.69) is 25.8 Å². The van der Waals surface area contributed by atoms with Crippen LogP contribution in [0.1, 0.15) is 21.7 Å². The van der Waals surface area contributed by atoms with Crippen molar-refractivity contribution in [3.8, 4) is 17.0 Å². The second kappa shape index (κ2) is 7.17. The van der Waals surface area contributed by atoms with Crippen molar-refractivity contribution in [1.82, 2.24) is 30.7 Å². The van der Waals surface area contributed by atoms with Gasteiger partial charge in [0.1, 0.15) is 17.1 Å². The molecule has 0 radical (unpaired) electrons. The number of imide groups is 1. The zero-order valence-electron chi connectivity index (χ0n) is 17.9. The number of nitrogens with one attached hydrogen (secondary N) is 3. The van der Waals surface area contributed by atoms with E-state index in [9.17, 15) is 14.4 Å². The molecule has 2 aliphatic heterocycles. The number of methoxy groups -OCH3 is 1. The number of furan rings is 1. The number of ether oxygens (including phenoxy) is 1. The highest BCUT2D eigenvalue weighted by atomic mass is 16.5. The summed E-state index contributed by atoms with van der Waals surface area (Å²) in [5.74, 6) is -0.0877. The molecule has 3 N–H and O–H groups in total.